The molecule has 0 saturated carbocycles. The first kappa shape index (κ1) is 20.1. The fraction of sp³-hybridized carbons (Fsp3) is 0.417. The molecule has 0 aromatic heterocycles. The molecule has 9 heteroatoms. The summed E-state index contributed by atoms with van der Waals surface area (Å²) in [5.41, 5.74) is 5.39. The van der Waals surface area contributed by atoms with E-state index in [1.165, 1.54) is 31.2 Å². The van der Waals surface area contributed by atoms with E-state index >= 15 is 0 Å². The summed E-state index contributed by atoms with van der Waals surface area (Å²) in [7, 11) is -3.76. The second-order valence-corrected chi connectivity index (χ2v) is 6.59. The van der Waals surface area contributed by atoms with Crippen LogP contribution in [0.15, 0.2) is 29.2 Å². The molecule has 21 heavy (non-hydrogen) atoms. The highest BCUT2D eigenvalue weighted by Gasteiger charge is 2.22. The van der Waals surface area contributed by atoms with Gasteiger partial charge in [-0.3, -0.25) is 4.79 Å². The normalized spacial score (nSPS) is 13.9. The van der Waals surface area contributed by atoms with E-state index < -0.39 is 22.0 Å². The maximum atomic E-state index is 12.1. The Balaban J connectivity index is 0.00000400. The van der Waals surface area contributed by atoms with Crippen LogP contribution in [0.3, 0.4) is 0 Å². The number of rotatable bonds is 6. The standard InChI is InChI=1S/C12H18ClN3O3S.ClH/c1-8(7-14)15-12(17)9(2)16-20(18,19)11-5-3-10(13)4-6-11;/h3-6,8-9,16H,7,14H2,1-2H3,(H,15,17);1H/t8-,9?;/m0./s1. The molecule has 0 aliphatic rings. The van der Waals surface area contributed by atoms with Crippen molar-refractivity contribution in [2.45, 2.75) is 30.8 Å². The summed E-state index contributed by atoms with van der Waals surface area (Å²) in [5.74, 6) is -0.430. The fourth-order valence-electron chi connectivity index (χ4n) is 1.39. The summed E-state index contributed by atoms with van der Waals surface area (Å²) >= 11 is 5.70. The van der Waals surface area contributed by atoms with Crippen LogP contribution >= 0.6 is 24.0 Å². The smallest absolute Gasteiger partial charge is 0.241 e. The molecule has 0 spiro atoms. The van der Waals surface area contributed by atoms with E-state index in [-0.39, 0.29) is 29.9 Å². The van der Waals surface area contributed by atoms with Crippen molar-refractivity contribution in [3.63, 3.8) is 0 Å². The minimum absolute atomic E-state index is 0. The maximum Gasteiger partial charge on any atom is 0.241 e. The van der Waals surface area contributed by atoms with Gasteiger partial charge in [0.25, 0.3) is 0 Å². The quantitative estimate of drug-likeness (QED) is 0.705. The summed E-state index contributed by atoms with van der Waals surface area (Å²) in [4.78, 5) is 11.8. The van der Waals surface area contributed by atoms with Gasteiger partial charge in [-0.2, -0.15) is 4.72 Å². The predicted octanol–water partition coefficient (Wildman–Crippen LogP) is 0.892. The third-order valence-corrected chi connectivity index (χ3v) is 4.40. The van der Waals surface area contributed by atoms with Crippen molar-refractivity contribution in [3.05, 3.63) is 29.3 Å². The van der Waals surface area contributed by atoms with Gasteiger partial charge in [-0.15, -0.1) is 12.4 Å². The predicted molar refractivity (Wildman–Crippen MR) is 85.1 cm³/mol. The van der Waals surface area contributed by atoms with Crippen LogP contribution in [0.4, 0.5) is 0 Å². The van der Waals surface area contributed by atoms with Gasteiger partial charge in [-0.25, -0.2) is 8.42 Å². The Morgan fingerprint density at radius 3 is 2.29 bits per heavy atom. The summed E-state index contributed by atoms with van der Waals surface area (Å²) in [6.45, 7) is 3.48. The Hall–Kier alpha value is -0.860. The highest BCUT2D eigenvalue weighted by molar-refractivity contribution is 7.89. The van der Waals surface area contributed by atoms with Gasteiger partial charge < -0.3 is 11.1 Å². The van der Waals surface area contributed by atoms with Crippen molar-refractivity contribution >= 4 is 39.9 Å². The van der Waals surface area contributed by atoms with Gasteiger partial charge in [0.05, 0.1) is 10.9 Å². The number of carbonyl (C=O) groups excluding carboxylic acids is 1. The zero-order valence-electron chi connectivity index (χ0n) is 11.7. The molecular weight excluding hydrogens is 337 g/mol. The summed E-state index contributed by atoms with van der Waals surface area (Å²) in [6.07, 6.45) is 0. The van der Waals surface area contributed by atoms with Gasteiger partial charge in [0.2, 0.25) is 15.9 Å². The molecule has 120 valence electrons. The molecule has 1 aromatic carbocycles. The topological polar surface area (TPSA) is 101 Å². The van der Waals surface area contributed by atoms with Crippen LogP contribution in [0.25, 0.3) is 0 Å². The van der Waals surface area contributed by atoms with E-state index in [0.717, 1.165) is 0 Å². The van der Waals surface area contributed by atoms with Gasteiger partial charge in [-0.05, 0) is 38.1 Å². The van der Waals surface area contributed by atoms with Crippen molar-refractivity contribution < 1.29 is 13.2 Å². The molecule has 1 amide bonds. The van der Waals surface area contributed by atoms with Gasteiger partial charge in [0, 0.05) is 17.6 Å². The lowest BCUT2D eigenvalue weighted by Crippen LogP contribution is -2.48. The number of hydrogen-bond donors (Lipinski definition) is 3. The van der Waals surface area contributed by atoms with E-state index in [1.54, 1.807) is 6.92 Å². The van der Waals surface area contributed by atoms with E-state index in [2.05, 4.69) is 10.0 Å². The Morgan fingerprint density at radius 2 is 1.81 bits per heavy atom. The van der Waals surface area contributed by atoms with Crippen LogP contribution in [-0.2, 0) is 14.8 Å². The largest absolute Gasteiger partial charge is 0.351 e. The molecule has 1 unspecified atom stereocenters. The lowest BCUT2D eigenvalue weighted by atomic mass is 10.3. The van der Waals surface area contributed by atoms with Crippen LogP contribution in [-0.4, -0.2) is 33.0 Å². The average molecular weight is 356 g/mol. The second kappa shape index (κ2) is 8.55. The number of hydrogen-bond acceptors (Lipinski definition) is 4. The first-order chi connectivity index (χ1) is 9.26. The number of nitrogens with two attached hydrogens (primary N) is 1. The highest BCUT2D eigenvalue weighted by Crippen LogP contribution is 2.14. The van der Waals surface area contributed by atoms with Crippen LogP contribution in [0.1, 0.15) is 13.8 Å². The van der Waals surface area contributed by atoms with Crippen molar-refractivity contribution in [1.29, 1.82) is 0 Å². The van der Waals surface area contributed by atoms with Gasteiger partial charge in [0.1, 0.15) is 0 Å². The maximum absolute atomic E-state index is 12.1. The molecule has 0 aliphatic carbocycles. The van der Waals surface area contributed by atoms with Crippen LogP contribution < -0.4 is 15.8 Å². The molecule has 1 rings (SSSR count). The summed E-state index contributed by atoms with van der Waals surface area (Å²) in [6, 6.07) is 4.57. The third-order valence-electron chi connectivity index (χ3n) is 2.59. The zero-order chi connectivity index (χ0) is 15.3. The first-order valence-electron chi connectivity index (χ1n) is 6.04. The van der Waals surface area contributed by atoms with E-state index in [0.29, 0.717) is 5.02 Å². The van der Waals surface area contributed by atoms with Crippen molar-refractivity contribution in [2.75, 3.05) is 6.54 Å². The van der Waals surface area contributed by atoms with Crippen molar-refractivity contribution in [2.24, 2.45) is 5.73 Å². The summed E-state index contributed by atoms with van der Waals surface area (Å²) in [5, 5.41) is 3.04. The molecule has 1 aromatic rings. The Bertz CT molecular complexity index is 564. The van der Waals surface area contributed by atoms with E-state index in [1.807, 2.05) is 0 Å². The Labute approximate surface area is 135 Å². The molecule has 4 N–H and O–H groups in total. The number of amides is 1. The highest BCUT2D eigenvalue weighted by atomic mass is 35.5. The third kappa shape index (κ3) is 6.19. The van der Waals surface area contributed by atoms with Crippen LogP contribution in [0.5, 0.6) is 0 Å². The number of halogens is 2. The number of carbonyl (C=O) groups is 1. The van der Waals surface area contributed by atoms with Gasteiger partial charge in [0.15, 0.2) is 0 Å². The lowest BCUT2D eigenvalue weighted by molar-refractivity contribution is -0.122. The Morgan fingerprint density at radius 1 is 1.29 bits per heavy atom. The number of benzene rings is 1. The molecular formula is C12H19Cl2N3O3S. The molecule has 0 heterocycles. The number of nitrogens with one attached hydrogen (secondary N) is 2. The molecule has 0 fully saturated rings. The zero-order valence-corrected chi connectivity index (χ0v) is 14.1. The van der Waals surface area contributed by atoms with E-state index in [4.69, 9.17) is 17.3 Å². The van der Waals surface area contributed by atoms with E-state index in [9.17, 15) is 13.2 Å². The van der Waals surface area contributed by atoms with Gasteiger partial charge in [-0.1, -0.05) is 11.6 Å². The minimum Gasteiger partial charge on any atom is -0.351 e. The Kier molecular flexibility index (Phi) is 8.20. The minimum atomic E-state index is -3.76. The van der Waals surface area contributed by atoms with Crippen LogP contribution in [0.2, 0.25) is 5.02 Å². The van der Waals surface area contributed by atoms with Crippen molar-refractivity contribution in [1.82, 2.24) is 10.0 Å². The second-order valence-electron chi connectivity index (χ2n) is 4.44. The monoisotopic (exact) mass is 355 g/mol. The molecule has 2 atom stereocenters. The van der Waals surface area contributed by atoms with Crippen LogP contribution in [0, 0.1) is 0 Å². The SMILES string of the molecule is CC(NS(=O)(=O)c1ccc(Cl)cc1)C(=O)N[C@@H](C)CN.Cl. The van der Waals surface area contributed by atoms with Gasteiger partial charge >= 0.3 is 0 Å². The number of sulfonamides is 1. The van der Waals surface area contributed by atoms with Crippen molar-refractivity contribution in [3.8, 4) is 0 Å². The summed E-state index contributed by atoms with van der Waals surface area (Å²) < 4.78 is 26.4. The molecule has 0 radical (unpaired) electrons. The molecule has 0 aliphatic heterocycles. The lowest BCUT2D eigenvalue weighted by Gasteiger charge is -2.17. The molecule has 0 saturated heterocycles. The fourth-order valence-corrected chi connectivity index (χ4v) is 2.72. The molecule has 6 nitrogen and oxygen atoms in total. The molecule has 0 bridgehead atoms. The first-order valence-corrected chi connectivity index (χ1v) is 7.90. The average Bonchev–Trinajstić information content (AvgIpc) is 2.38.